The Kier molecular flexibility index (Phi) is 13.1. The Balaban J connectivity index is 1.14. The van der Waals surface area contributed by atoms with Crippen LogP contribution in [-0.2, 0) is 30.5 Å². The highest BCUT2D eigenvalue weighted by molar-refractivity contribution is 5.83. The van der Waals surface area contributed by atoms with Crippen molar-refractivity contribution < 1.29 is 26.7 Å². The number of piperazine rings is 2. The lowest BCUT2D eigenvalue weighted by Gasteiger charge is -2.40. The molecule has 4 aromatic carbocycles. The average molecular weight is 807 g/mol. The molecule has 1 atom stereocenters. The molecule has 2 saturated heterocycles. The number of hydrogen-bond acceptors (Lipinski definition) is 6. The molecule has 2 aliphatic rings. The number of anilines is 2. The molecule has 7 nitrogen and oxygen atoms in total. The van der Waals surface area contributed by atoms with Gasteiger partial charge in [0.2, 0.25) is 5.91 Å². The van der Waals surface area contributed by atoms with Crippen LogP contribution >= 0.6 is 0 Å². The Labute approximate surface area is 342 Å². The number of carbonyl (C=O) groups excluding carboxylic acids is 1. The van der Waals surface area contributed by atoms with Crippen molar-refractivity contribution in [2.45, 2.75) is 31.7 Å². The molecule has 1 aromatic heterocycles. The molecule has 0 N–H and O–H groups in total. The molecule has 59 heavy (non-hydrogen) atoms. The molecule has 0 saturated carbocycles. The fourth-order valence-electron chi connectivity index (χ4n) is 7.63. The second-order valence-electron chi connectivity index (χ2n) is 15.0. The summed E-state index contributed by atoms with van der Waals surface area (Å²) >= 11 is 0. The van der Waals surface area contributed by atoms with Gasteiger partial charge < -0.3 is 19.6 Å². The summed E-state index contributed by atoms with van der Waals surface area (Å²) in [6, 6.07) is 31.8. The summed E-state index contributed by atoms with van der Waals surface area (Å²) in [4.78, 5) is 29.8. The number of hydrogen-bond donors (Lipinski definition) is 0. The molecule has 306 valence electrons. The number of halogens is 5. The summed E-state index contributed by atoms with van der Waals surface area (Å²) in [6.45, 7) is 10.9. The Morgan fingerprint density at radius 3 is 2.03 bits per heavy atom. The van der Waals surface area contributed by atoms with Crippen molar-refractivity contribution in [3.05, 3.63) is 179 Å². The predicted octanol–water partition coefficient (Wildman–Crippen LogP) is 8.69. The van der Waals surface area contributed by atoms with E-state index in [0.717, 1.165) is 74.1 Å². The minimum atomic E-state index is -4.47. The summed E-state index contributed by atoms with van der Waals surface area (Å²) in [5.41, 5.74) is 3.77. The number of benzene rings is 4. The maximum Gasteiger partial charge on any atom is 0.416 e. The zero-order chi connectivity index (χ0) is 41.4. The van der Waals surface area contributed by atoms with Crippen molar-refractivity contribution in [2.24, 2.45) is 0 Å². The standard InChI is InChI=1S/C47H47F5N6O/c1-35(10-11-36-12-17-40(18-13-36)47(50,51)52)58(34-38-14-19-41(20-15-38)55-27-29-56(30-28-55)45-9-5-6-22-53-45)44(32-39-16-21-42(48)43(49)31-39)46(59)57-25-23-54(24-26-57)33-37-7-3-2-4-8-37/h2-22,31,44H,1,23-30,32-34H2/b11-10+/t44-/m0/s1. The second-order valence-corrected chi connectivity index (χ2v) is 15.0. The summed E-state index contributed by atoms with van der Waals surface area (Å²) in [5.74, 6) is -1.21. The highest BCUT2D eigenvalue weighted by Crippen LogP contribution is 2.30. The van der Waals surface area contributed by atoms with Gasteiger partial charge in [0, 0.05) is 89.4 Å². The van der Waals surface area contributed by atoms with Crippen LogP contribution in [-0.4, -0.2) is 84.0 Å². The molecule has 12 heteroatoms. The van der Waals surface area contributed by atoms with Crippen LogP contribution in [0, 0.1) is 11.6 Å². The van der Waals surface area contributed by atoms with Gasteiger partial charge in [-0.1, -0.05) is 79.4 Å². The summed E-state index contributed by atoms with van der Waals surface area (Å²) in [7, 11) is 0. The minimum absolute atomic E-state index is 0.0615. The summed E-state index contributed by atoms with van der Waals surface area (Å²) in [5, 5.41) is 0. The van der Waals surface area contributed by atoms with Gasteiger partial charge in [-0.2, -0.15) is 13.2 Å². The first kappa shape index (κ1) is 41.2. The molecule has 0 aliphatic carbocycles. The largest absolute Gasteiger partial charge is 0.416 e. The lowest BCUT2D eigenvalue weighted by Crippen LogP contribution is -2.55. The number of aromatic nitrogens is 1. The van der Waals surface area contributed by atoms with Crippen LogP contribution < -0.4 is 9.80 Å². The van der Waals surface area contributed by atoms with E-state index in [1.165, 1.54) is 23.8 Å². The number of nitrogens with zero attached hydrogens (tertiary/aromatic N) is 6. The number of pyridine rings is 1. The van der Waals surface area contributed by atoms with E-state index in [9.17, 15) is 26.7 Å². The molecule has 0 unspecified atom stereocenters. The third-order valence-electron chi connectivity index (χ3n) is 11.0. The fraction of sp³-hybridized carbons (Fsp3) is 0.277. The van der Waals surface area contributed by atoms with Crippen LogP contribution in [0.5, 0.6) is 0 Å². The molecule has 7 rings (SSSR count). The van der Waals surface area contributed by atoms with Crippen LogP contribution in [0.4, 0.5) is 33.5 Å². The van der Waals surface area contributed by atoms with Crippen molar-refractivity contribution in [1.82, 2.24) is 19.7 Å². The van der Waals surface area contributed by atoms with Gasteiger partial charge in [-0.25, -0.2) is 13.8 Å². The number of alkyl halides is 3. The normalized spacial score (nSPS) is 15.7. The van der Waals surface area contributed by atoms with E-state index in [4.69, 9.17) is 0 Å². The van der Waals surface area contributed by atoms with Gasteiger partial charge in [-0.15, -0.1) is 0 Å². The number of rotatable bonds is 13. The highest BCUT2D eigenvalue weighted by Gasteiger charge is 2.33. The third-order valence-corrected chi connectivity index (χ3v) is 11.0. The zero-order valence-electron chi connectivity index (χ0n) is 32.7. The minimum Gasteiger partial charge on any atom is -0.368 e. The van der Waals surface area contributed by atoms with Crippen LogP contribution in [0.15, 0.2) is 140 Å². The fourth-order valence-corrected chi connectivity index (χ4v) is 7.63. The first-order chi connectivity index (χ1) is 28.5. The number of carbonyl (C=O) groups is 1. The average Bonchev–Trinajstić information content (AvgIpc) is 3.26. The molecule has 3 heterocycles. The van der Waals surface area contributed by atoms with Crippen molar-refractivity contribution in [1.29, 1.82) is 0 Å². The Hall–Kier alpha value is -6.01. The molecule has 0 spiro atoms. The topological polar surface area (TPSA) is 46.2 Å². The van der Waals surface area contributed by atoms with E-state index < -0.39 is 29.4 Å². The van der Waals surface area contributed by atoms with Crippen LogP contribution in [0.2, 0.25) is 0 Å². The first-order valence-corrected chi connectivity index (χ1v) is 19.8. The maximum atomic E-state index is 14.8. The van der Waals surface area contributed by atoms with Crippen LogP contribution in [0.25, 0.3) is 6.08 Å². The van der Waals surface area contributed by atoms with Crippen molar-refractivity contribution >= 4 is 23.5 Å². The maximum absolute atomic E-state index is 14.8. The quantitative estimate of drug-likeness (QED) is 0.0878. The molecule has 2 fully saturated rings. The lowest BCUT2D eigenvalue weighted by atomic mass is 10.0. The SMILES string of the molecule is C=C(/C=C/c1ccc(C(F)(F)F)cc1)N(Cc1ccc(N2CCN(c3ccccn3)CC2)cc1)[C@@H](Cc1ccc(F)c(F)c1)C(=O)N1CCN(Cc2ccccc2)CC1. The predicted molar refractivity (Wildman–Crippen MR) is 222 cm³/mol. The van der Waals surface area contributed by atoms with Crippen LogP contribution in [0.1, 0.15) is 27.8 Å². The Bertz CT molecular complexity index is 2180. The van der Waals surface area contributed by atoms with Crippen LogP contribution in [0.3, 0.4) is 0 Å². The Morgan fingerprint density at radius 1 is 0.729 bits per heavy atom. The van der Waals surface area contributed by atoms with E-state index in [1.54, 1.807) is 18.3 Å². The van der Waals surface area contributed by atoms with Crippen molar-refractivity contribution in [2.75, 3.05) is 62.2 Å². The lowest BCUT2D eigenvalue weighted by molar-refractivity contribution is -0.138. The molecular formula is C47H47F5N6O. The molecule has 5 aromatic rings. The van der Waals surface area contributed by atoms with E-state index in [2.05, 4.69) is 50.5 Å². The van der Waals surface area contributed by atoms with E-state index in [1.807, 2.05) is 58.3 Å². The van der Waals surface area contributed by atoms with Crippen molar-refractivity contribution in [3.8, 4) is 0 Å². The summed E-state index contributed by atoms with van der Waals surface area (Å²) in [6.07, 6.45) is 0.733. The van der Waals surface area contributed by atoms with Gasteiger partial charge in [0.25, 0.3) is 0 Å². The van der Waals surface area contributed by atoms with Gasteiger partial charge in [0.1, 0.15) is 11.9 Å². The number of amides is 1. The second kappa shape index (κ2) is 18.7. The Morgan fingerprint density at radius 2 is 1.39 bits per heavy atom. The highest BCUT2D eigenvalue weighted by atomic mass is 19.4. The summed E-state index contributed by atoms with van der Waals surface area (Å²) < 4.78 is 68.6. The van der Waals surface area contributed by atoms with Gasteiger partial charge in [0.15, 0.2) is 11.6 Å². The van der Waals surface area contributed by atoms with Crippen molar-refractivity contribution in [3.63, 3.8) is 0 Å². The molecule has 1 amide bonds. The smallest absolute Gasteiger partial charge is 0.368 e. The van der Waals surface area contributed by atoms with E-state index in [-0.39, 0.29) is 18.9 Å². The molecule has 0 radical (unpaired) electrons. The van der Waals surface area contributed by atoms with E-state index >= 15 is 0 Å². The van der Waals surface area contributed by atoms with Gasteiger partial charge in [0.05, 0.1) is 5.56 Å². The number of allylic oxidation sites excluding steroid dienone is 1. The van der Waals surface area contributed by atoms with Gasteiger partial charge >= 0.3 is 6.18 Å². The monoisotopic (exact) mass is 806 g/mol. The molecule has 0 bridgehead atoms. The van der Waals surface area contributed by atoms with E-state index in [0.29, 0.717) is 43.0 Å². The van der Waals surface area contributed by atoms with Gasteiger partial charge in [-0.05, 0) is 76.9 Å². The van der Waals surface area contributed by atoms with Gasteiger partial charge in [-0.3, -0.25) is 9.69 Å². The molecular weight excluding hydrogens is 760 g/mol. The first-order valence-electron chi connectivity index (χ1n) is 19.8. The zero-order valence-corrected chi connectivity index (χ0v) is 32.7. The molecule has 2 aliphatic heterocycles. The third kappa shape index (κ3) is 10.7.